The molecule has 0 atom stereocenters. The second-order valence-electron chi connectivity index (χ2n) is 3.17. The van der Waals surface area contributed by atoms with Crippen LogP contribution in [0, 0.1) is 3.57 Å². The molecule has 4 nitrogen and oxygen atoms in total. The summed E-state index contributed by atoms with van der Waals surface area (Å²) < 4.78 is 57.2. The normalized spacial score (nSPS) is 11.3. The van der Waals surface area contributed by atoms with Crippen LogP contribution in [0.1, 0.15) is 23.0 Å². The van der Waals surface area contributed by atoms with Gasteiger partial charge in [-0.25, -0.2) is 14.2 Å². The Hall–Kier alpha value is -1.13. The number of nitrogens with zero attached hydrogens (tertiary/aromatic N) is 1. The Kier molecular flexibility index (Phi) is 5.32. The molecule has 0 aliphatic heterocycles. The minimum atomic E-state index is -4.94. The van der Waals surface area contributed by atoms with Gasteiger partial charge in [-0.1, -0.05) is 0 Å². The van der Waals surface area contributed by atoms with E-state index in [1.807, 2.05) is 0 Å². The lowest BCUT2D eigenvalue weighted by Gasteiger charge is -2.12. The van der Waals surface area contributed by atoms with Crippen molar-refractivity contribution in [2.75, 3.05) is 6.61 Å². The highest BCUT2D eigenvalue weighted by molar-refractivity contribution is 14.1. The molecule has 1 aromatic rings. The SMILES string of the molecule is CCOC(=O)c1c(I)cc(OC(F)(F)F)nc1CF. The van der Waals surface area contributed by atoms with E-state index in [4.69, 9.17) is 0 Å². The quantitative estimate of drug-likeness (QED) is 0.448. The maximum Gasteiger partial charge on any atom is 0.574 e. The molecular weight excluding hydrogens is 385 g/mol. The number of hydrogen-bond acceptors (Lipinski definition) is 4. The summed E-state index contributed by atoms with van der Waals surface area (Å²) in [6.45, 7) is 0.398. The van der Waals surface area contributed by atoms with Gasteiger partial charge in [0.1, 0.15) is 6.67 Å². The van der Waals surface area contributed by atoms with Crippen molar-refractivity contribution in [3.8, 4) is 5.88 Å². The largest absolute Gasteiger partial charge is 0.574 e. The highest BCUT2D eigenvalue weighted by Gasteiger charge is 2.33. The minimum Gasteiger partial charge on any atom is -0.462 e. The Morgan fingerprint density at radius 2 is 2.11 bits per heavy atom. The van der Waals surface area contributed by atoms with E-state index >= 15 is 0 Å². The van der Waals surface area contributed by atoms with Crippen LogP contribution in [-0.4, -0.2) is 23.9 Å². The molecule has 1 aromatic heterocycles. The molecule has 0 saturated heterocycles. The Labute approximate surface area is 119 Å². The lowest BCUT2D eigenvalue weighted by Crippen LogP contribution is -2.19. The Morgan fingerprint density at radius 1 is 1.47 bits per heavy atom. The van der Waals surface area contributed by atoms with Gasteiger partial charge in [-0.05, 0) is 29.5 Å². The summed E-state index contributed by atoms with van der Waals surface area (Å²) in [5.41, 5.74) is -0.649. The standard InChI is InChI=1S/C10H8F4INO3/c1-2-18-9(17)8-5(15)3-7(16-6(8)4-11)19-10(12,13)14/h3H,2,4H2,1H3. The van der Waals surface area contributed by atoms with Crippen LogP contribution in [0.2, 0.25) is 0 Å². The maximum atomic E-state index is 12.8. The monoisotopic (exact) mass is 393 g/mol. The van der Waals surface area contributed by atoms with Crippen molar-refractivity contribution in [1.29, 1.82) is 0 Å². The molecule has 0 aliphatic carbocycles. The fourth-order valence-electron chi connectivity index (χ4n) is 1.23. The van der Waals surface area contributed by atoms with Gasteiger partial charge in [-0.2, -0.15) is 0 Å². The molecule has 0 aliphatic rings. The van der Waals surface area contributed by atoms with E-state index in [0.717, 1.165) is 6.07 Å². The Bertz CT molecular complexity index is 479. The van der Waals surface area contributed by atoms with E-state index in [-0.39, 0.29) is 15.7 Å². The van der Waals surface area contributed by atoms with Gasteiger partial charge in [0.05, 0.1) is 17.9 Å². The molecule has 106 valence electrons. The van der Waals surface area contributed by atoms with Crippen molar-refractivity contribution in [2.24, 2.45) is 0 Å². The topological polar surface area (TPSA) is 48.4 Å². The van der Waals surface area contributed by atoms with Crippen LogP contribution in [0.25, 0.3) is 0 Å². The van der Waals surface area contributed by atoms with Crippen molar-refractivity contribution >= 4 is 28.6 Å². The summed E-state index contributed by atoms with van der Waals surface area (Å²) in [7, 11) is 0. The molecule has 0 bridgehead atoms. The zero-order chi connectivity index (χ0) is 14.6. The Morgan fingerprint density at radius 3 is 2.58 bits per heavy atom. The number of alkyl halides is 4. The lowest BCUT2D eigenvalue weighted by molar-refractivity contribution is -0.276. The molecule has 0 spiro atoms. The third kappa shape index (κ3) is 4.48. The summed E-state index contributed by atoms with van der Waals surface area (Å²) in [5.74, 6) is -1.66. The number of halogens is 5. The first-order valence-corrected chi connectivity index (χ1v) is 6.04. The highest BCUT2D eigenvalue weighted by Crippen LogP contribution is 2.26. The van der Waals surface area contributed by atoms with Crippen LogP contribution >= 0.6 is 22.6 Å². The summed E-state index contributed by atoms with van der Waals surface area (Å²) in [5, 5.41) is 0. The van der Waals surface area contributed by atoms with Gasteiger partial charge in [0.15, 0.2) is 0 Å². The molecule has 0 fully saturated rings. The molecule has 1 heterocycles. The first-order valence-electron chi connectivity index (χ1n) is 4.96. The van der Waals surface area contributed by atoms with Gasteiger partial charge >= 0.3 is 12.3 Å². The summed E-state index contributed by atoms with van der Waals surface area (Å²) >= 11 is 1.59. The van der Waals surface area contributed by atoms with E-state index in [9.17, 15) is 22.4 Å². The minimum absolute atomic E-state index is 0.0570. The smallest absolute Gasteiger partial charge is 0.462 e. The number of carbonyl (C=O) groups excluding carboxylic acids is 1. The van der Waals surface area contributed by atoms with Crippen molar-refractivity contribution in [1.82, 2.24) is 4.98 Å². The van der Waals surface area contributed by atoms with E-state index in [2.05, 4.69) is 14.5 Å². The predicted molar refractivity (Wildman–Crippen MR) is 64.4 cm³/mol. The number of ether oxygens (including phenoxy) is 2. The average Bonchev–Trinajstić information content (AvgIpc) is 2.25. The molecule has 0 saturated carbocycles. The van der Waals surface area contributed by atoms with E-state index in [1.165, 1.54) is 0 Å². The molecule has 0 radical (unpaired) electrons. The van der Waals surface area contributed by atoms with Gasteiger partial charge in [0, 0.05) is 9.64 Å². The lowest BCUT2D eigenvalue weighted by atomic mass is 10.2. The van der Waals surface area contributed by atoms with Crippen LogP contribution < -0.4 is 4.74 Å². The van der Waals surface area contributed by atoms with Crippen molar-refractivity contribution < 1.29 is 31.8 Å². The molecule has 0 amide bonds. The number of pyridine rings is 1. The first-order chi connectivity index (χ1) is 8.78. The molecule has 0 aromatic carbocycles. The van der Waals surface area contributed by atoms with Gasteiger partial charge in [-0.3, -0.25) is 0 Å². The Balaban J connectivity index is 3.18. The van der Waals surface area contributed by atoms with Crippen molar-refractivity contribution in [2.45, 2.75) is 20.0 Å². The van der Waals surface area contributed by atoms with Gasteiger partial charge in [-0.15, -0.1) is 13.2 Å². The third-order valence-electron chi connectivity index (χ3n) is 1.85. The summed E-state index contributed by atoms with van der Waals surface area (Å²) in [6, 6.07) is 0.888. The second kappa shape index (κ2) is 6.35. The zero-order valence-corrected chi connectivity index (χ0v) is 11.7. The van der Waals surface area contributed by atoms with Crippen LogP contribution in [-0.2, 0) is 11.4 Å². The van der Waals surface area contributed by atoms with Crippen LogP contribution in [0.3, 0.4) is 0 Å². The average molecular weight is 393 g/mol. The van der Waals surface area contributed by atoms with Crippen molar-refractivity contribution in [3.05, 3.63) is 20.9 Å². The molecule has 9 heteroatoms. The molecule has 0 unspecified atom stereocenters. The van der Waals surface area contributed by atoms with E-state index in [0.29, 0.717) is 0 Å². The predicted octanol–water partition coefficient (Wildman–Crippen LogP) is 3.23. The number of aromatic nitrogens is 1. The molecular formula is C10H8F4INO3. The van der Waals surface area contributed by atoms with Crippen molar-refractivity contribution in [3.63, 3.8) is 0 Å². The highest BCUT2D eigenvalue weighted by atomic mass is 127. The fraction of sp³-hybridized carbons (Fsp3) is 0.400. The fourth-order valence-corrected chi connectivity index (χ4v) is 2.02. The number of hydrogen-bond donors (Lipinski definition) is 0. The third-order valence-corrected chi connectivity index (χ3v) is 2.70. The van der Waals surface area contributed by atoms with Gasteiger partial charge in [0.2, 0.25) is 5.88 Å². The van der Waals surface area contributed by atoms with Crippen LogP contribution in [0.5, 0.6) is 5.88 Å². The summed E-state index contributed by atoms with van der Waals surface area (Å²) in [6.07, 6.45) is -4.94. The van der Waals surface area contributed by atoms with E-state index in [1.54, 1.807) is 29.5 Å². The molecule has 0 N–H and O–H groups in total. The molecule has 1 rings (SSSR count). The van der Waals surface area contributed by atoms with Crippen LogP contribution in [0.4, 0.5) is 17.6 Å². The number of rotatable bonds is 4. The first kappa shape index (κ1) is 15.9. The van der Waals surface area contributed by atoms with Gasteiger partial charge < -0.3 is 9.47 Å². The van der Waals surface area contributed by atoms with Gasteiger partial charge in [0.25, 0.3) is 0 Å². The van der Waals surface area contributed by atoms with E-state index < -0.39 is 30.6 Å². The number of esters is 1. The summed E-state index contributed by atoms with van der Waals surface area (Å²) in [4.78, 5) is 14.9. The maximum absolute atomic E-state index is 12.8. The molecule has 19 heavy (non-hydrogen) atoms. The van der Waals surface area contributed by atoms with Crippen LogP contribution in [0.15, 0.2) is 6.07 Å². The zero-order valence-electron chi connectivity index (χ0n) is 9.55. The second-order valence-corrected chi connectivity index (χ2v) is 4.33. The number of carbonyl (C=O) groups is 1.